The number of halogens is 1. The van der Waals surface area contributed by atoms with Gasteiger partial charge in [0.15, 0.2) is 0 Å². The van der Waals surface area contributed by atoms with Crippen LogP contribution in [0.5, 0.6) is 0 Å². The van der Waals surface area contributed by atoms with Gasteiger partial charge in [0, 0.05) is 29.1 Å². The van der Waals surface area contributed by atoms with Crippen LogP contribution in [0.2, 0.25) is 5.02 Å². The maximum absolute atomic E-state index is 11.3. The number of rotatable bonds is 6. The standard InChI is InChI=1S/C17H25ClN2O/c1-12(11-16(3,4)20-13(2)21)19-17(9-10-17)14-7-5-6-8-15(14)18/h5-8,12,19H,9-11H2,1-4H3,(H,20,21)/t12-/m0/s1. The van der Waals surface area contributed by atoms with Crippen LogP contribution in [-0.4, -0.2) is 17.5 Å². The predicted octanol–water partition coefficient (Wildman–Crippen LogP) is 3.61. The third kappa shape index (κ3) is 4.21. The quantitative estimate of drug-likeness (QED) is 0.843. The fraction of sp³-hybridized carbons (Fsp3) is 0.588. The van der Waals surface area contributed by atoms with Crippen molar-refractivity contribution < 1.29 is 4.79 Å². The Morgan fingerprint density at radius 3 is 2.52 bits per heavy atom. The third-order valence-corrected chi connectivity index (χ3v) is 4.32. The lowest BCUT2D eigenvalue weighted by Gasteiger charge is -2.32. The molecular formula is C17H25ClN2O. The van der Waals surface area contributed by atoms with Crippen molar-refractivity contribution >= 4 is 17.5 Å². The van der Waals surface area contributed by atoms with E-state index >= 15 is 0 Å². The normalized spacial score (nSPS) is 18.1. The summed E-state index contributed by atoms with van der Waals surface area (Å²) in [5.41, 5.74) is 0.995. The molecule has 0 radical (unpaired) electrons. The molecule has 1 saturated carbocycles. The Morgan fingerprint density at radius 1 is 1.38 bits per heavy atom. The first-order chi connectivity index (χ1) is 9.74. The number of nitrogens with one attached hydrogen (secondary N) is 2. The summed E-state index contributed by atoms with van der Waals surface area (Å²) in [6.45, 7) is 7.84. The molecule has 1 atom stereocenters. The van der Waals surface area contributed by atoms with E-state index in [9.17, 15) is 4.79 Å². The van der Waals surface area contributed by atoms with Gasteiger partial charge in [0.1, 0.15) is 0 Å². The third-order valence-electron chi connectivity index (χ3n) is 3.99. The second-order valence-electron chi connectivity index (χ2n) is 6.88. The van der Waals surface area contributed by atoms with E-state index in [-0.39, 0.29) is 17.0 Å². The van der Waals surface area contributed by atoms with Gasteiger partial charge in [0.25, 0.3) is 0 Å². The fourth-order valence-electron chi connectivity index (χ4n) is 3.28. The van der Waals surface area contributed by atoms with E-state index in [4.69, 9.17) is 11.6 Å². The summed E-state index contributed by atoms with van der Waals surface area (Å²) in [7, 11) is 0. The Kier molecular flexibility index (Phi) is 4.64. The first kappa shape index (κ1) is 16.3. The van der Waals surface area contributed by atoms with Crippen LogP contribution in [-0.2, 0) is 10.3 Å². The Bertz CT molecular complexity index is 523. The van der Waals surface area contributed by atoms with Crippen molar-refractivity contribution in [2.24, 2.45) is 0 Å². The molecule has 1 aromatic rings. The van der Waals surface area contributed by atoms with Crippen LogP contribution in [0.25, 0.3) is 0 Å². The van der Waals surface area contributed by atoms with Crippen LogP contribution in [0.3, 0.4) is 0 Å². The molecule has 0 bridgehead atoms. The van der Waals surface area contributed by atoms with Crippen LogP contribution in [0.4, 0.5) is 0 Å². The molecule has 1 aliphatic carbocycles. The fourth-order valence-corrected chi connectivity index (χ4v) is 3.60. The van der Waals surface area contributed by atoms with Crippen LogP contribution < -0.4 is 10.6 Å². The first-order valence-corrected chi connectivity index (χ1v) is 7.93. The molecule has 0 aromatic heterocycles. The Hall–Kier alpha value is -1.06. The highest BCUT2D eigenvalue weighted by Crippen LogP contribution is 2.48. The summed E-state index contributed by atoms with van der Waals surface area (Å²) in [4.78, 5) is 11.3. The topological polar surface area (TPSA) is 41.1 Å². The summed E-state index contributed by atoms with van der Waals surface area (Å²) in [6.07, 6.45) is 3.10. The van der Waals surface area contributed by atoms with Gasteiger partial charge in [0.05, 0.1) is 0 Å². The van der Waals surface area contributed by atoms with Gasteiger partial charge in [-0.15, -0.1) is 0 Å². The summed E-state index contributed by atoms with van der Waals surface area (Å²) in [5, 5.41) is 7.55. The van der Waals surface area contributed by atoms with Crippen molar-refractivity contribution in [1.29, 1.82) is 0 Å². The summed E-state index contributed by atoms with van der Waals surface area (Å²) >= 11 is 6.34. The zero-order valence-corrected chi connectivity index (χ0v) is 14.1. The van der Waals surface area contributed by atoms with Gasteiger partial charge in [-0.2, -0.15) is 0 Å². The first-order valence-electron chi connectivity index (χ1n) is 7.56. The zero-order valence-electron chi connectivity index (χ0n) is 13.3. The number of benzene rings is 1. The molecule has 1 amide bonds. The smallest absolute Gasteiger partial charge is 0.217 e. The molecule has 2 N–H and O–H groups in total. The van der Waals surface area contributed by atoms with Crippen molar-refractivity contribution in [2.45, 2.75) is 64.1 Å². The summed E-state index contributed by atoms with van der Waals surface area (Å²) < 4.78 is 0. The van der Waals surface area contributed by atoms with Gasteiger partial charge >= 0.3 is 0 Å². The van der Waals surface area contributed by atoms with Crippen molar-refractivity contribution in [2.75, 3.05) is 0 Å². The largest absolute Gasteiger partial charge is 0.351 e. The maximum Gasteiger partial charge on any atom is 0.217 e. The number of hydrogen-bond donors (Lipinski definition) is 2. The lowest BCUT2D eigenvalue weighted by atomic mass is 9.94. The molecule has 1 aliphatic rings. The number of carbonyl (C=O) groups excluding carboxylic acids is 1. The molecule has 1 aromatic carbocycles. The maximum atomic E-state index is 11.3. The molecule has 116 valence electrons. The van der Waals surface area contributed by atoms with Crippen LogP contribution in [0.1, 0.15) is 52.5 Å². The molecule has 0 spiro atoms. The molecular weight excluding hydrogens is 284 g/mol. The van der Waals surface area contributed by atoms with Crippen molar-refractivity contribution in [3.05, 3.63) is 34.9 Å². The molecule has 0 heterocycles. The molecule has 0 aliphatic heterocycles. The minimum atomic E-state index is -0.213. The van der Waals surface area contributed by atoms with E-state index in [1.165, 1.54) is 5.56 Å². The van der Waals surface area contributed by atoms with E-state index in [1.54, 1.807) is 6.92 Å². The number of amides is 1. The highest BCUT2D eigenvalue weighted by atomic mass is 35.5. The number of carbonyl (C=O) groups is 1. The summed E-state index contributed by atoms with van der Waals surface area (Å²) in [5.74, 6) is 0.0134. The van der Waals surface area contributed by atoms with E-state index in [0.717, 1.165) is 24.3 Å². The van der Waals surface area contributed by atoms with Crippen molar-refractivity contribution in [3.8, 4) is 0 Å². The highest BCUT2D eigenvalue weighted by Gasteiger charge is 2.46. The van der Waals surface area contributed by atoms with Gasteiger partial charge < -0.3 is 10.6 Å². The van der Waals surface area contributed by atoms with Gasteiger partial charge in [-0.25, -0.2) is 0 Å². The van der Waals surface area contributed by atoms with E-state index in [0.29, 0.717) is 6.04 Å². The average molecular weight is 309 g/mol. The highest BCUT2D eigenvalue weighted by molar-refractivity contribution is 6.31. The Balaban J connectivity index is 2.01. The van der Waals surface area contributed by atoms with Crippen molar-refractivity contribution in [1.82, 2.24) is 10.6 Å². The van der Waals surface area contributed by atoms with E-state index < -0.39 is 0 Å². The van der Waals surface area contributed by atoms with E-state index in [2.05, 4.69) is 37.5 Å². The molecule has 2 rings (SSSR count). The average Bonchev–Trinajstić information content (AvgIpc) is 3.07. The molecule has 4 heteroatoms. The van der Waals surface area contributed by atoms with Crippen LogP contribution in [0, 0.1) is 0 Å². The van der Waals surface area contributed by atoms with E-state index in [1.807, 2.05) is 18.2 Å². The molecule has 3 nitrogen and oxygen atoms in total. The monoisotopic (exact) mass is 308 g/mol. The lowest BCUT2D eigenvalue weighted by molar-refractivity contribution is -0.120. The lowest BCUT2D eigenvalue weighted by Crippen LogP contribution is -2.48. The molecule has 0 unspecified atom stereocenters. The second-order valence-corrected chi connectivity index (χ2v) is 7.28. The van der Waals surface area contributed by atoms with Crippen LogP contribution >= 0.6 is 11.6 Å². The minimum Gasteiger partial charge on any atom is -0.351 e. The number of hydrogen-bond acceptors (Lipinski definition) is 2. The molecule has 21 heavy (non-hydrogen) atoms. The van der Waals surface area contributed by atoms with Gasteiger partial charge in [-0.3, -0.25) is 4.79 Å². The Labute approximate surface area is 132 Å². The second kappa shape index (κ2) is 5.98. The SMILES string of the molecule is CC(=O)NC(C)(C)C[C@H](C)NC1(c2ccccc2Cl)CC1. The molecule has 0 saturated heterocycles. The Morgan fingerprint density at radius 2 is 2.00 bits per heavy atom. The summed E-state index contributed by atoms with van der Waals surface area (Å²) in [6, 6.07) is 8.35. The van der Waals surface area contributed by atoms with Gasteiger partial charge in [-0.05, 0) is 51.7 Å². The predicted molar refractivity (Wildman–Crippen MR) is 87.5 cm³/mol. The van der Waals surface area contributed by atoms with Gasteiger partial charge in [0.2, 0.25) is 5.91 Å². The van der Waals surface area contributed by atoms with Crippen molar-refractivity contribution in [3.63, 3.8) is 0 Å². The van der Waals surface area contributed by atoms with Gasteiger partial charge in [-0.1, -0.05) is 29.8 Å². The van der Waals surface area contributed by atoms with Crippen LogP contribution in [0.15, 0.2) is 24.3 Å². The molecule has 1 fully saturated rings. The zero-order chi connectivity index (χ0) is 15.7. The minimum absolute atomic E-state index is 0.0134.